The van der Waals surface area contributed by atoms with E-state index in [2.05, 4.69) is 19.9 Å². The number of hydrogen-bond acceptors (Lipinski definition) is 5. The van der Waals surface area contributed by atoms with Gasteiger partial charge in [-0.3, -0.25) is 4.18 Å². The number of para-hydroxylation sites is 2. The number of rotatable bonds is 6. The lowest BCUT2D eigenvalue weighted by molar-refractivity contribution is 0.308. The number of nitrogens with one attached hydrogen (secondary N) is 4. The molecule has 0 unspecified atom stereocenters. The molecule has 0 bridgehead atoms. The summed E-state index contributed by atoms with van der Waals surface area (Å²) in [5.41, 5.74) is 2.20. The maximum Gasteiger partial charge on any atom is 0.323 e. The van der Waals surface area contributed by atoms with Gasteiger partial charge in [-0.1, -0.05) is 31.9 Å². The van der Waals surface area contributed by atoms with E-state index in [0.29, 0.717) is 17.5 Å². The standard InChI is InChI=1S/C12H16N2O4S.C7H6N2O/c1-2-3-4-7-18-19(16,17)9-5-6-10-11(8-9)14-12(15)13-10;10-7-8-5-3-1-2-4-6(5)9-7/h5-6,8H,2-4,7H2,1H3,(H2,13,14,15);1-4H,(H2,8,9,10). The molecule has 0 aliphatic rings. The van der Waals surface area contributed by atoms with Crippen molar-refractivity contribution in [3.63, 3.8) is 0 Å². The Hall–Kier alpha value is -3.11. The Morgan fingerprint density at radius 2 is 1.34 bits per heavy atom. The SMILES string of the molecule is CCCCCOS(=O)(=O)c1ccc2[nH]c(=O)[nH]c2c1.O=c1[nH]c2ccccc2[nH]1. The number of aromatic amines is 4. The van der Waals surface area contributed by atoms with Gasteiger partial charge in [0, 0.05) is 0 Å². The molecule has 2 aromatic carbocycles. The average Bonchev–Trinajstić information content (AvgIpc) is 3.25. The first-order valence-electron chi connectivity index (χ1n) is 9.17. The molecule has 0 amide bonds. The Bertz CT molecular complexity index is 1280. The van der Waals surface area contributed by atoms with Crippen LogP contribution in [-0.4, -0.2) is 35.0 Å². The van der Waals surface area contributed by atoms with Crippen LogP contribution >= 0.6 is 0 Å². The molecule has 0 saturated heterocycles. The number of hydrogen-bond donors (Lipinski definition) is 4. The van der Waals surface area contributed by atoms with Crippen LogP contribution in [0.25, 0.3) is 22.1 Å². The normalized spacial score (nSPS) is 11.5. The molecule has 2 aromatic heterocycles. The fourth-order valence-corrected chi connectivity index (χ4v) is 3.70. The third-order valence-corrected chi connectivity index (χ3v) is 5.49. The molecule has 2 heterocycles. The predicted octanol–water partition coefficient (Wildman–Crippen LogP) is 2.61. The molecule has 4 aromatic rings. The molecule has 154 valence electrons. The summed E-state index contributed by atoms with van der Waals surface area (Å²) in [4.78, 5) is 32.2. The van der Waals surface area contributed by atoms with E-state index in [-0.39, 0.29) is 22.9 Å². The summed E-state index contributed by atoms with van der Waals surface area (Å²) in [6.45, 7) is 2.21. The highest BCUT2D eigenvalue weighted by molar-refractivity contribution is 7.86. The fourth-order valence-electron chi connectivity index (χ4n) is 2.73. The summed E-state index contributed by atoms with van der Waals surface area (Å²) in [5.74, 6) is 0. The van der Waals surface area contributed by atoms with Crippen LogP contribution in [0.1, 0.15) is 26.2 Å². The summed E-state index contributed by atoms with van der Waals surface area (Å²) >= 11 is 0. The summed E-state index contributed by atoms with van der Waals surface area (Å²) < 4.78 is 28.8. The first-order valence-corrected chi connectivity index (χ1v) is 10.6. The quantitative estimate of drug-likeness (QED) is 0.281. The van der Waals surface area contributed by atoms with Crippen LogP contribution in [0.4, 0.5) is 0 Å². The van der Waals surface area contributed by atoms with Gasteiger partial charge in [-0.2, -0.15) is 8.42 Å². The Labute approximate surface area is 166 Å². The molecular formula is C19H22N4O5S. The zero-order chi connectivity index (χ0) is 20.9. The van der Waals surface area contributed by atoms with Crippen LogP contribution in [0.3, 0.4) is 0 Å². The van der Waals surface area contributed by atoms with Gasteiger partial charge in [-0.15, -0.1) is 0 Å². The van der Waals surface area contributed by atoms with Gasteiger partial charge in [0.25, 0.3) is 10.1 Å². The lowest BCUT2D eigenvalue weighted by Gasteiger charge is -2.05. The van der Waals surface area contributed by atoms with E-state index < -0.39 is 10.1 Å². The number of H-pyrrole nitrogens is 4. The molecular weight excluding hydrogens is 396 g/mol. The Morgan fingerprint density at radius 3 is 1.93 bits per heavy atom. The van der Waals surface area contributed by atoms with Crippen LogP contribution in [0.2, 0.25) is 0 Å². The predicted molar refractivity (Wildman–Crippen MR) is 111 cm³/mol. The van der Waals surface area contributed by atoms with Gasteiger partial charge in [0.1, 0.15) is 0 Å². The smallest absolute Gasteiger partial charge is 0.306 e. The minimum atomic E-state index is -3.76. The van der Waals surface area contributed by atoms with E-state index in [9.17, 15) is 18.0 Å². The molecule has 9 nitrogen and oxygen atoms in total. The van der Waals surface area contributed by atoms with Gasteiger partial charge >= 0.3 is 11.4 Å². The maximum absolute atomic E-state index is 11.9. The van der Waals surface area contributed by atoms with Gasteiger partial charge in [-0.25, -0.2) is 9.59 Å². The molecule has 4 rings (SSSR count). The van der Waals surface area contributed by atoms with E-state index in [1.165, 1.54) is 18.2 Å². The van der Waals surface area contributed by atoms with Crippen LogP contribution in [0, 0.1) is 0 Å². The van der Waals surface area contributed by atoms with Gasteiger partial charge in [-0.05, 0) is 36.8 Å². The van der Waals surface area contributed by atoms with Crippen LogP contribution in [0.5, 0.6) is 0 Å². The highest BCUT2D eigenvalue weighted by atomic mass is 32.2. The summed E-state index contributed by atoms with van der Waals surface area (Å²) in [6, 6.07) is 11.8. The number of imidazole rings is 2. The molecule has 0 spiro atoms. The van der Waals surface area contributed by atoms with Gasteiger partial charge in [0.05, 0.1) is 33.6 Å². The molecule has 0 aliphatic heterocycles. The van der Waals surface area contributed by atoms with Crippen molar-refractivity contribution >= 4 is 32.2 Å². The molecule has 4 N–H and O–H groups in total. The van der Waals surface area contributed by atoms with E-state index in [4.69, 9.17) is 4.18 Å². The van der Waals surface area contributed by atoms with E-state index in [1.807, 2.05) is 31.2 Å². The van der Waals surface area contributed by atoms with E-state index in [1.54, 1.807) is 0 Å². The largest absolute Gasteiger partial charge is 0.323 e. The molecule has 0 radical (unpaired) electrons. The van der Waals surface area contributed by atoms with Crippen molar-refractivity contribution in [2.24, 2.45) is 0 Å². The summed E-state index contributed by atoms with van der Waals surface area (Å²) in [7, 11) is -3.76. The Morgan fingerprint density at radius 1 is 0.793 bits per heavy atom. The van der Waals surface area contributed by atoms with Crippen LogP contribution in [0.15, 0.2) is 56.9 Å². The number of aromatic nitrogens is 4. The van der Waals surface area contributed by atoms with Crippen molar-refractivity contribution < 1.29 is 12.6 Å². The van der Waals surface area contributed by atoms with Crippen molar-refractivity contribution in [2.45, 2.75) is 31.1 Å². The van der Waals surface area contributed by atoms with Crippen LogP contribution in [-0.2, 0) is 14.3 Å². The monoisotopic (exact) mass is 418 g/mol. The van der Waals surface area contributed by atoms with Crippen LogP contribution < -0.4 is 11.4 Å². The van der Waals surface area contributed by atoms with Crippen molar-refractivity contribution in [2.75, 3.05) is 6.61 Å². The third-order valence-electron chi connectivity index (χ3n) is 4.19. The highest BCUT2D eigenvalue weighted by Crippen LogP contribution is 2.17. The summed E-state index contributed by atoms with van der Waals surface area (Å²) in [5, 5.41) is 0. The number of benzene rings is 2. The molecule has 0 saturated carbocycles. The Balaban J connectivity index is 0.000000200. The van der Waals surface area contributed by atoms with Crippen molar-refractivity contribution in [3.8, 4) is 0 Å². The van der Waals surface area contributed by atoms with Crippen molar-refractivity contribution in [3.05, 3.63) is 63.4 Å². The zero-order valence-corrected chi connectivity index (χ0v) is 16.6. The topological polar surface area (TPSA) is 141 Å². The van der Waals surface area contributed by atoms with Gasteiger partial charge in [0.2, 0.25) is 0 Å². The molecule has 0 fully saturated rings. The minimum Gasteiger partial charge on any atom is -0.306 e. The third kappa shape index (κ3) is 5.24. The molecule has 0 atom stereocenters. The number of unbranched alkanes of at least 4 members (excludes halogenated alkanes) is 2. The molecule has 0 aliphatic carbocycles. The van der Waals surface area contributed by atoms with E-state index in [0.717, 1.165) is 23.9 Å². The van der Waals surface area contributed by atoms with E-state index >= 15 is 0 Å². The first-order chi connectivity index (χ1) is 13.9. The molecule has 10 heteroatoms. The fraction of sp³-hybridized carbons (Fsp3) is 0.263. The second kappa shape index (κ2) is 8.93. The maximum atomic E-state index is 11.9. The van der Waals surface area contributed by atoms with Gasteiger partial charge in [0.15, 0.2) is 0 Å². The highest BCUT2D eigenvalue weighted by Gasteiger charge is 2.16. The first kappa shape index (κ1) is 20.6. The Kier molecular flexibility index (Phi) is 6.35. The second-order valence-corrected chi connectivity index (χ2v) is 8.01. The minimum absolute atomic E-state index is 0.0479. The van der Waals surface area contributed by atoms with Gasteiger partial charge < -0.3 is 19.9 Å². The average molecular weight is 418 g/mol. The summed E-state index contributed by atoms with van der Waals surface area (Å²) in [6.07, 6.45) is 2.64. The van der Waals surface area contributed by atoms with Crippen molar-refractivity contribution in [1.29, 1.82) is 0 Å². The lowest BCUT2D eigenvalue weighted by atomic mass is 10.3. The zero-order valence-electron chi connectivity index (χ0n) is 15.8. The molecule has 29 heavy (non-hydrogen) atoms. The number of fused-ring (bicyclic) bond motifs is 2. The lowest BCUT2D eigenvalue weighted by Crippen LogP contribution is -2.07. The second-order valence-electron chi connectivity index (χ2n) is 6.39. The van der Waals surface area contributed by atoms with Crippen molar-refractivity contribution in [1.82, 2.24) is 19.9 Å².